The first kappa shape index (κ1) is 8.50. The number of hydrogen-bond acceptors (Lipinski definition) is 1. The minimum absolute atomic E-state index is 0.104. The van der Waals surface area contributed by atoms with Crippen LogP contribution >= 0.6 is 11.6 Å². The van der Waals surface area contributed by atoms with E-state index in [1.54, 1.807) is 12.1 Å². The van der Waals surface area contributed by atoms with Gasteiger partial charge in [0.1, 0.15) is 5.82 Å². The van der Waals surface area contributed by atoms with Crippen molar-refractivity contribution in [3.8, 4) is 0 Å². The van der Waals surface area contributed by atoms with Crippen molar-refractivity contribution in [1.29, 1.82) is 0 Å². The number of rotatable bonds is 1. The van der Waals surface area contributed by atoms with Gasteiger partial charge in [0.2, 0.25) is 0 Å². The van der Waals surface area contributed by atoms with Crippen LogP contribution in [-0.4, -0.2) is 0 Å². The minimum atomic E-state index is -0.406. The maximum atomic E-state index is 12.6. The van der Waals surface area contributed by atoms with Crippen molar-refractivity contribution in [3.05, 3.63) is 34.6 Å². The smallest absolute Gasteiger partial charge is 0.141 e. The van der Waals surface area contributed by atoms with Crippen LogP contribution < -0.4 is 5.73 Å². The topological polar surface area (TPSA) is 26.0 Å². The predicted octanol–water partition coefficient (Wildman–Crippen LogP) is 2.50. The Morgan fingerprint density at radius 1 is 1.55 bits per heavy atom. The Kier molecular flexibility index (Phi) is 2.47. The molecule has 11 heavy (non-hydrogen) atoms. The van der Waals surface area contributed by atoms with Gasteiger partial charge in [-0.15, -0.1) is 0 Å². The van der Waals surface area contributed by atoms with Crippen molar-refractivity contribution in [1.82, 2.24) is 0 Å². The monoisotopic (exact) mass is 173 g/mol. The summed E-state index contributed by atoms with van der Waals surface area (Å²) in [5.74, 6) is -0.406. The van der Waals surface area contributed by atoms with Gasteiger partial charge in [-0.1, -0.05) is 17.7 Å². The van der Waals surface area contributed by atoms with Gasteiger partial charge < -0.3 is 5.73 Å². The molecule has 0 aromatic heterocycles. The Morgan fingerprint density at radius 3 is 2.64 bits per heavy atom. The van der Waals surface area contributed by atoms with Gasteiger partial charge in [-0.25, -0.2) is 4.39 Å². The molecule has 1 atom stereocenters. The molecule has 0 unspecified atom stereocenters. The maximum absolute atomic E-state index is 12.6. The van der Waals surface area contributed by atoms with E-state index in [9.17, 15) is 4.39 Å². The molecule has 0 aliphatic heterocycles. The molecule has 0 aliphatic rings. The van der Waals surface area contributed by atoms with Crippen LogP contribution in [0.5, 0.6) is 0 Å². The van der Waals surface area contributed by atoms with Crippen LogP contribution in [0.15, 0.2) is 18.2 Å². The average molecular weight is 174 g/mol. The third kappa shape index (κ3) is 1.91. The van der Waals surface area contributed by atoms with Crippen LogP contribution in [0.25, 0.3) is 0 Å². The largest absolute Gasteiger partial charge is 0.324 e. The zero-order valence-electron chi connectivity index (χ0n) is 6.14. The Labute approximate surface area is 70.0 Å². The van der Waals surface area contributed by atoms with E-state index in [1.807, 2.05) is 6.92 Å². The van der Waals surface area contributed by atoms with Gasteiger partial charge in [0, 0.05) is 6.04 Å². The van der Waals surface area contributed by atoms with Gasteiger partial charge in [-0.3, -0.25) is 0 Å². The van der Waals surface area contributed by atoms with Crippen LogP contribution in [0.1, 0.15) is 18.5 Å². The van der Waals surface area contributed by atoms with Crippen LogP contribution in [0.3, 0.4) is 0 Å². The highest BCUT2D eigenvalue weighted by Gasteiger charge is 2.03. The molecule has 1 nitrogen and oxygen atoms in total. The van der Waals surface area contributed by atoms with Crippen LogP contribution in [0.4, 0.5) is 4.39 Å². The summed E-state index contributed by atoms with van der Waals surface area (Å²) in [7, 11) is 0. The molecule has 3 heteroatoms. The van der Waals surface area contributed by atoms with Gasteiger partial charge in [-0.05, 0) is 24.6 Å². The molecule has 1 aromatic rings. The fourth-order valence-electron chi connectivity index (χ4n) is 0.796. The van der Waals surface area contributed by atoms with Gasteiger partial charge >= 0.3 is 0 Å². The molecular formula is C8H9ClFN. The summed E-state index contributed by atoms with van der Waals surface area (Å²) in [6, 6.07) is 4.39. The second kappa shape index (κ2) is 3.20. The van der Waals surface area contributed by atoms with Crippen LogP contribution in [0.2, 0.25) is 5.02 Å². The summed E-state index contributed by atoms with van der Waals surface area (Å²) in [4.78, 5) is 0. The first-order valence-electron chi connectivity index (χ1n) is 3.32. The number of nitrogens with two attached hydrogens (primary N) is 1. The molecule has 0 fully saturated rings. The summed E-state index contributed by atoms with van der Waals surface area (Å²) < 4.78 is 12.6. The first-order valence-corrected chi connectivity index (χ1v) is 3.69. The molecule has 2 N–H and O–H groups in total. The van der Waals surface area contributed by atoms with Gasteiger partial charge in [-0.2, -0.15) is 0 Å². The third-order valence-corrected chi connectivity index (χ3v) is 1.76. The second-order valence-corrected chi connectivity index (χ2v) is 2.87. The molecule has 0 bridgehead atoms. The lowest BCUT2D eigenvalue weighted by Crippen LogP contribution is -2.04. The predicted molar refractivity (Wildman–Crippen MR) is 44.0 cm³/mol. The van der Waals surface area contributed by atoms with E-state index in [2.05, 4.69) is 0 Å². The molecule has 0 radical (unpaired) electrons. The van der Waals surface area contributed by atoms with Crippen molar-refractivity contribution >= 4 is 11.6 Å². The second-order valence-electron chi connectivity index (χ2n) is 2.46. The van der Waals surface area contributed by atoms with Crippen molar-refractivity contribution in [2.75, 3.05) is 0 Å². The fraction of sp³-hybridized carbons (Fsp3) is 0.250. The normalized spacial score (nSPS) is 13.1. The van der Waals surface area contributed by atoms with E-state index in [-0.39, 0.29) is 11.1 Å². The zero-order chi connectivity index (χ0) is 8.43. The van der Waals surface area contributed by atoms with E-state index in [0.717, 1.165) is 5.56 Å². The van der Waals surface area contributed by atoms with Crippen molar-refractivity contribution in [2.24, 2.45) is 5.73 Å². The number of benzene rings is 1. The molecule has 60 valence electrons. The molecule has 0 saturated heterocycles. The van der Waals surface area contributed by atoms with Crippen molar-refractivity contribution in [2.45, 2.75) is 13.0 Å². The molecule has 1 aromatic carbocycles. The highest BCUT2D eigenvalue weighted by atomic mass is 35.5. The Morgan fingerprint density at radius 2 is 2.18 bits per heavy atom. The summed E-state index contributed by atoms with van der Waals surface area (Å²) in [6.07, 6.45) is 0. The van der Waals surface area contributed by atoms with E-state index >= 15 is 0 Å². The Balaban J connectivity index is 3.05. The van der Waals surface area contributed by atoms with E-state index < -0.39 is 5.82 Å². The van der Waals surface area contributed by atoms with Crippen LogP contribution in [0, 0.1) is 5.82 Å². The first-order chi connectivity index (χ1) is 5.11. The lowest BCUT2D eigenvalue weighted by molar-refractivity contribution is 0.626. The highest BCUT2D eigenvalue weighted by Crippen LogP contribution is 2.18. The fourth-order valence-corrected chi connectivity index (χ4v) is 0.985. The van der Waals surface area contributed by atoms with Gasteiger partial charge in [0.25, 0.3) is 0 Å². The summed E-state index contributed by atoms with van der Waals surface area (Å²) in [5, 5.41) is 0.125. The lowest BCUT2D eigenvalue weighted by Gasteiger charge is -2.05. The van der Waals surface area contributed by atoms with Gasteiger partial charge in [0.15, 0.2) is 0 Å². The zero-order valence-corrected chi connectivity index (χ0v) is 6.90. The molecule has 0 spiro atoms. The van der Waals surface area contributed by atoms with E-state index in [4.69, 9.17) is 17.3 Å². The average Bonchev–Trinajstić information content (AvgIpc) is 1.94. The highest BCUT2D eigenvalue weighted by molar-refractivity contribution is 6.30. The van der Waals surface area contributed by atoms with E-state index in [0.29, 0.717) is 0 Å². The molecule has 1 rings (SSSR count). The third-order valence-electron chi connectivity index (χ3n) is 1.47. The summed E-state index contributed by atoms with van der Waals surface area (Å²) in [5.41, 5.74) is 6.40. The number of hydrogen-bond donors (Lipinski definition) is 1. The lowest BCUT2D eigenvalue weighted by atomic mass is 10.1. The molecular weight excluding hydrogens is 165 g/mol. The molecule has 0 aliphatic carbocycles. The molecule has 0 amide bonds. The molecule has 0 saturated carbocycles. The standard InChI is InChI=1S/C8H9ClFN/c1-5(11)6-2-3-8(10)7(9)4-6/h2-5H,11H2,1H3/t5-/m0/s1. The summed E-state index contributed by atoms with van der Waals surface area (Å²) in [6.45, 7) is 1.82. The Bertz CT molecular complexity index is 260. The number of halogens is 2. The summed E-state index contributed by atoms with van der Waals surface area (Å²) >= 11 is 5.53. The quantitative estimate of drug-likeness (QED) is 0.694. The van der Waals surface area contributed by atoms with Gasteiger partial charge in [0.05, 0.1) is 5.02 Å². The van der Waals surface area contributed by atoms with E-state index in [1.165, 1.54) is 6.07 Å². The molecule has 0 heterocycles. The van der Waals surface area contributed by atoms with Crippen LogP contribution in [-0.2, 0) is 0 Å². The SMILES string of the molecule is C[C@H](N)c1ccc(F)c(Cl)c1. The maximum Gasteiger partial charge on any atom is 0.141 e. The van der Waals surface area contributed by atoms with Crippen molar-refractivity contribution < 1.29 is 4.39 Å². The Hall–Kier alpha value is -0.600. The van der Waals surface area contributed by atoms with Crippen molar-refractivity contribution in [3.63, 3.8) is 0 Å². The minimum Gasteiger partial charge on any atom is -0.324 e.